The average molecular weight is 303 g/mol. The summed E-state index contributed by atoms with van der Waals surface area (Å²) in [4.78, 5) is 22.1. The number of aliphatic carboxylic acids is 1. The normalized spacial score (nSPS) is 11.8. The van der Waals surface area contributed by atoms with E-state index in [-0.39, 0.29) is 17.4 Å². The molecule has 0 aromatic heterocycles. The lowest BCUT2D eigenvalue weighted by Crippen LogP contribution is -2.03. The number of nitro groups is 1. The first-order chi connectivity index (χ1) is 10.1. The number of carboxylic acids is 1. The van der Waals surface area contributed by atoms with Crippen LogP contribution >= 0.6 is 11.8 Å². The highest BCUT2D eigenvalue weighted by Crippen LogP contribution is 2.41. The first-order valence-corrected chi connectivity index (χ1v) is 7.12. The predicted molar refractivity (Wildman–Crippen MR) is 80.4 cm³/mol. The topological polar surface area (TPSA) is 80.4 Å². The summed E-state index contributed by atoms with van der Waals surface area (Å²) < 4.78 is 0. The molecule has 5 nitrogen and oxygen atoms in total. The largest absolute Gasteiger partial charge is 0.481 e. The second-order valence-corrected chi connectivity index (χ2v) is 5.58. The third-order valence-electron chi connectivity index (χ3n) is 2.86. The molecule has 2 rings (SSSR count). The van der Waals surface area contributed by atoms with E-state index >= 15 is 0 Å². The summed E-state index contributed by atoms with van der Waals surface area (Å²) in [5.41, 5.74) is 0.830. The number of rotatable bonds is 6. The van der Waals surface area contributed by atoms with Gasteiger partial charge in [-0.25, -0.2) is 0 Å². The van der Waals surface area contributed by atoms with Crippen LogP contribution in [0.3, 0.4) is 0 Å². The first kappa shape index (κ1) is 15.1. The molecule has 2 aromatic rings. The van der Waals surface area contributed by atoms with Crippen LogP contribution in [0.25, 0.3) is 0 Å². The number of nitro benzene ring substituents is 1. The van der Waals surface area contributed by atoms with Crippen molar-refractivity contribution in [2.45, 2.75) is 16.6 Å². The van der Waals surface area contributed by atoms with Crippen molar-refractivity contribution >= 4 is 23.4 Å². The fourth-order valence-electron chi connectivity index (χ4n) is 1.91. The predicted octanol–water partition coefficient (Wildman–Crippen LogP) is 3.90. The Bertz CT molecular complexity index is 645. The lowest BCUT2D eigenvalue weighted by atomic mass is 10.1. The van der Waals surface area contributed by atoms with Gasteiger partial charge in [-0.2, -0.15) is 0 Å². The molecule has 1 atom stereocenters. The molecule has 0 fully saturated rings. The van der Waals surface area contributed by atoms with Crippen LogP contribution in [0, 0.1) is 10.1 Å². The molecular weight excluding hydrogens is 290 g/mol. The lowest BCUT2D eigenvalue weighted by Gasteiger charge is -2.15. The maximum absolute atomic E-state index is 11.0. The van der Waals surface area contributed by atoms with Gasteiger partial charge in [0.2, 0.25) is 0 Å². The van der Waals surface area contributed by atoms with Crippen molar-refractivity contribution in [1.29, 1.82) is 0 Å². The average Bonchev–Trinajstić information content (AvgIpc) is 2.47. The Morgan fingerprint density at radius 1 is 1.14 bits per heavy atom. The van der Waals surface area contributed by atoms with Gasteiger partial charge in [-0.15, -0.1) is 11.8 Å². The SMILES string of the molecule is O=C(O)CC(Sc1ccccc1[N+](=O)[O-])c1ccccc1. The Labute approximate surface area is 125 Å². The first-order valence-electron chi connectivity index (χ1n) is 6.24. The van der Waals surface area contributed by atoms with E-state index in [2.05, 4.69) is 0 Å². The van der Waals surface area contributed by atoms with Gasteiger partial charge in [0.1, 0.15) is 0 Å². The third-order valence-corrected chi connectivity index (χ3v) is 4.19. The molecule has 108 valence electrons. The molecule has 0 bridgehead atoms. The second kappa shape index (κ2) is 6.90. The molecule has 0 aliphatic rings. The number of hydrogen-bond donors (Lipinski definition) is 1. The maximum Gasteiger partial charge on any atom is 0.304 e. The number of benzene rings is 2. The number of hydrogen-bond acceptors (Lipinski definition) is 4. The van der Waals surface area contributed by atoms with E-state index in [0.717, 1.165) is 5.56 Å². The monoisotopic (exact) mass is 303 g/mol. The van der Waals surface area contributed by atoms with Gasteiger partial charge in [-0.3, -0.25) is 14.9 Å². The van der Waals surface area contributed by atoms with Crippen molar-refractivity contribution in [2.75, 3.05) is 0 Å². The van der Waals surface area contributed by atoms with Gasteiger partial charge in [0.05, 0.1) is 16.2 Å². The fourth-order valence-corrected chi connectivity index (χ4v) is 3.16. The Hall–Kier alpha value is -2.34. The van der Waals surface area contributed by atoms with Crippen LogP contribution < -0.4 is 0 Å². The molecule has 21 heavy (non-hydrogen) atoms. The standard InChI is InChI=1S/C15H13NO4S/c17-15(18)10-14(11-6-2-1-3-7-11)21-13-9-5-4-8-12(13)16(19)20/h1-9,14H,10H2,(H,17,18). The highest BCUT2D eigenvalue weighted by molar-refractivity contribution is 7.99. The zero-order chi connectivity index (χ0) is 15.2. The molecule has 1 N–H and O–H groups in total. The van der Waals surface area contributed by atoms with Gasteiger partial charge in [0, 0.05) is 11.3 Å². The minimum Gasteiger partial charge on any atom is -0.481 e. The molecule has 0 saturated heterocycles. The highest BCUT2D eigenvalue weighted by atomic mass is 32.2. The van der Waals surface area contributed by atoms with Crippen molar-refractivity contribution in [1.82, 2.24) is 0 Å². The molecule has 0 aliphatic heterocycles. The van der Waals surface area contributed by atoms with Crippen molar-refractivity contribution in [3.63, 3.8) is 0 Å². The number of nitrogens with zero attached hydrogens (tertiary/aromatic N) is 1. The second-order valence-electron chi connectivity index (χ2n) is 4.34. The summed E-state index contributed by atoms with van der Waals surface area (Å²) >= 11 is 1.20. The number of carbonyl (C=O) groups is 1. The van der Waals surface area contributed by atoms with Crippen LogP contribution in [0.4, 0.5) is 5.69 Å². The van der Waals surface area contributed by atoms with Gasteiger partial charge < -0.3 is 5.11 Å². The number of thioether (sulfide) groups is 1. The van der Waals surface area contributed by atoms with E-state index < -0.39 is 10.9 Å². The number of para-hydroxylation sites is 1. The highest BCUT2D eigenvalue weighted by Gasteiger charge is 2.21. The molecule has 0 amide bonds. The molecule has 0 radical (unpaired) electrons. The summed E-state index contributed by atoms with van der Waals surface area (Å²) in [6.07, 6.45) is -0.0965. The zero-order valence-corrected chi connectivity index (χ0v) is 11.8. The van der Waals surface area contributed by atoms with Gasteiger partial charge >= 0.3 is 5.97 Å². The van der Waals surface area contributed by atoms with E-state index in [1.807, 2.05) is 30.3 Å². The summed E-state index contributed by atoms with van der Waals surface area (Å²) in [6.45, 7) is 0. The van der Waals surface area contributed by atoms with Crippen LogP contribution in [0.15, 0.2) is 59.5 Å². The molecular formula is C15H13NO4S. The molecule has 0 saturated carbocycles. The molecule has 0 aliphatic carbocycles. The van der Waals surface area contributed by atoms with Crippen LogP contribution in [-0.4, -0.2) is 16.0 Å². The van der Waals surface area contributed by atoms with Crippen LogP contribution in [0.5, 0.6) is 0 Å². The Balaban J connectivity index is 2.32. The molecule has 0 heterocycles. The molecule has 0 spiro atoms. The van der Waals surface area contributed by atoms with Crippen LogP contribution in [-0.2, 0) is 4.79 Å². The third kappa shape index (κ3) is 4.06. The quantitative estimate of drug-likeness (QED) is 0.497. The Morgan fingerprint density at radius 2 is 1.76 bits per heavy atom. The lowest BCUT2D eigenvalue weighted by molar-refractivity contribution is -0.387. The number of carboxylic acid groups (broad SMARTS) is 1. The summed E-state index contributed by atoms with van der Waals surface area (Å²) in [5, 5.41) is 19.7. The van der Waals surface area contributed by atoms with Crippen molar-refractivity contribution in [3.05, 3.63) is 70.3 Å². The van der Waals surface area contributed by atoms with E-state index in [0.29, 0.717) is 4.90 Å². The maximum atomic E-state index is 11.0. The van der Waals surface area contributed by atoms with Crippen LogP contribution in [0.2, 0.25) is 0 Å². The van der Waals surface area contributed by atoms with Crippen molar-refractivity contribution in [2.24, 2.45) is 0 Å². The minimum atomic E-state index is -0.935. The molecule has 1 unspecified atom stereocenters. The van der Waals surface area contributed by atoms with Gasteiger partial charge in [-0.05, 0) is 11.6 Å². The van der Waals surface area contributed by atoms with E-state index in [4.69, 9.17) is 5.11 Å². The van der Waals surface area contributed by atoms with Gasteiger partial charge in [-0.1, -0.05) is 42.5 Å². The summed E-state index contributed by atoms with van der Waals surface area (Å²) in [5.74, 6) is -0.935. The summed E-state index contributed by atoms with van der Waals surface area (Å²) in [6, 6.07) is 15.5. The Morgan fingerprint density at radius 3 is 2.38 bits per heavy atom. The molecule has 2 aromatic carbocycles. The zero-order valence-electron chi connectivity index (χ0n) is 11.0. The van der Waals surface area contributed by atoms with Gasteiger partial charge in [0.25, 0.3) is 5.69 Å². The summed E-state index contributed by atoms with van der Waals surface area (Å²) in [7, 11) is 0. The van der Waals surface area contributed by atoms with Crippen LogP contribution in [0.1, 0.15) is 17.2 Å². The van der Waals surface area contributed by atoms with E-state index in [9.17, 15) is 14.9 Å². The Kier molecular flexibility index (Phi) is 4.94. The smallest absolute Gasteiger partial charge is 0.304 e. The minimum absolute atomic E-state index is 0.00572. The van der Waals surface area contributed by atoms with Gasteiger partial charge in [0.15, 0.2) is 0 Å². The molecule has 6 heteroatoms. The van der Waals surface area contributed by atoms with E-state index in [1.165, 1.54) is 17.8 Å². The van der Waals surface area contributed by atoms with Crippen molar-refractivity contribution in [3.8, 4) is 0 Å². The fraction of sp³-hybridized carbons (Fsp3) is 0.133. The van der Waals surface area contributed by atoms with E-state index in [1.54, 1.807) is 18.2 Å². The van der Waals surface area contributed by atoms with Crippen molar-refractivity contribution < 1.29 is 14.8 Å².